The van der Waals surface area contributed by atoms with E-state index in [1.54, 1.807) is 0 Å². The van der Waals surface area contributed by atoms with Crippen LogP contribution in [0.3, 0.4) is 0 Å². The molecule has 0 aliphatic rings. The van der Waals surface area contributed by atoms with Crippen LogP contribution in [0.25, 0.3) is 110 Å². The highest BCUT2D eigenvalue weighted by Gasteiger charge is 2.19. The Morgan fingerprint density at radius 3 is 1.61 bits per heavy atom. The fraction of sp³-hybridized carbons (Fsp3) is 0. The van der Waals surface area contributed by atoms with Gasteiger partial charge in [0.1, 0.15) is 11.2 Å². The van der Waals surface area contributed by atoms with Gasteiger partial charge in [0.05, 0.1) is 0 Å². The highest BCUT2D eigenvalue weighted by Crippen LogP contribution is 2.43. The van der Waals surface area contributed by atoms with E-state index in [0.29, 0.717) is 17.5 Å². The molecule has 56 heavy (non-hydrogen) atoms. The van der Waals surface area contributed by atoms with Crippen LogP contribution in [0.5, 0.6) is 0 Å². The first-order chi connectivity index (χ1) is 27.7. The monoisotopic (exact) mass is 733 g/mol. The Bertz CT molecular complexity index is 3230. The molecule has 0 aliphatic carbocycles. The van der Waals surface area contributed by atoms with Crippen LogP contribution in [0.4, 0.5) is 0 Å². The summed E-state index contributed by atoms with van der Waals surface area (Å²) in [7, 11) is 0. The summed E-state index contributed by atoms with van der Waals surface area (Å²) in [5, 5.41) is 4.54. The third-order valence-corrected chi connectivity index (χ3v) is 11.8. The summed E-state index contributed by atoms with van der Waals surface area (Å²) in [5.74, 6) is 1.83. The van der Waals surface area contributed by atoms with E-state index in [9.17, 15) is 0 Å². The number of benzene rings is 8. The number of rotatable bonds is 6. The normalized spacial score (nSPS) is 11.6. The van der Waals surface area contributed by atoms with Gasteiger partial charge in [0, 0.05) is 47.6 Å². The molecule has 0 unspecified atom stereocenters. The van der Waals surface area contributed by atoms with E-state index < -0.39 is 0 Å². The number of furan rings is 1. The van der Waals surface area contributed by atoms with E-state index in [2.05, 4.69) is 140 Å². The molecule has 0 saturated heterocycles. The molecule has 262 valence electrons. The first kappa shape index (κ1) is 32.2. The minimum absolute atomic E-state index is 0.597. The van der Waals surface area contributed by atoms with E-state index in [4.69, 9.17) is 19.4 Å². The summed E-state index contributed by atoms with van der Waals surface area (Å²) >= 11 is 1.86. The molecule has 11 aromatic rings. The Labute approximate surface area is 327 Å². The van der Waals surface area contributed by atoms with E-state index >= 15 is 0 Å². The van der Waals surface area contributed by atoms with Crippen molar-refractivity contribution in [3.63, 3.8) is 0 Å². The molecule has 3 aromatic heterocycles. The summed E-state index contributed by atoms with van der Waals surface area (Å²) < 4.78 is 9.08. The second-order valence-electron chi connectivity index (χ2n) is 14.0. The number of hydrogen-bond acceptors (Lipinski definition) is 5. The molecule has 5 heteroatoms. The maximum Gasteiger partial charge on any atom is 0.164 e. The molecule has 8 aromatic carbocycles. The zero-order chi connectivity index (χ0) is 37.0. The molecule has 0 aliphatic heterocycles. The van der Waals surface area contributed by atoms with Gasteiger partial charge in [-0.1, -0.05) is 158 Å². The fourth-order valence-corrected chi connectivity index (χ4v) is 9.02. The number of thiophene rings is 1. The van der Waals surface area contributed by atoms with Gasteiger partial charge in [-0.25, -0.2) is 15.0 Å². The Morgan fingerprint density at radius 1 is 0.339 bits per heavy atom. The lowest BCUT2D eigenvalue weighted by atomic mass is 9.98. The molecule has 0 radical (unpaired) electrons. The molecule has 0 fully saturated rings. The third kappa shape index (κ3) is 5.56. The van der Waals surface area contributed by atoms with Gasteiger partial charge in [-0.3, -0.25) is 0 Å². The zero-order valence-corrected chi connectivity index (χ0v) is 30.9. The van der Waals surface area contributed by atoms with Crippen LogP contribution in [0.15, 0.2) is 192 Å². The van der Waals surface area contributed by atoms with Crippen molar-refractivity contribution in [2.45, 2.75) is 0 Å². The lowest BCUT2D eigenvalue weighted by Crippen LogP contribution is -2.00. The van der Waals surface area contributed by atoms with Gasteiger partial charge in [0.25, 0.3) is 0 Å². The number of fused-ring (bicyclic) bond motifs is 6. The van der Waals surface area contributed by atoms with Gasteiger partial charge >= 0.3 is 0 Å². The van der Waals surface area contributed by atoms with Gasteiger partial charge in [-0.2, -0.15) is 0 Å². The van der Waals surface area contributed by atoms with Crippen molar-refractivity contribution in [3.05, 3.63) is 188 Å². The van der Waals surface area contributed by atoms with E-state index in [1.165, 1.54) is 36.9 Å². The Balaban J connectivity index is 1.05. The second kappa shape index (κ2) is 13.3. The molecule has 11 rings (SSSR count). The van der Waals surface area contributed by atoms with Crippen molar-refractivity contribution < 1.29 is 4.42 Å². The van der Waals surface area contributed by atoms with Crippen molar-refractivity contribution in [2.24, 2.45) is 0 Å². The smallest absolute Gasteiger partial charge is 0.164 e. The summed E-state index contributed by atoms with van der Waals surface area (Å²) in [6.07, 6.45) is 0. The molecule has 0 atom stereocenters. The first-order valence-electron chi connectivity index (χ1n) is 18.7. The molecule has 4 nitrogen and oxygen atoms in total. The highest BCUT2D eigenvalue weighted by atomic mass is 32.1. The molecule has 0 N–H and O–H groups in total. The fourth-order valence-electron chi connectivity index (χ4n) is 7.80. The van der Waals surface area contributed by atoms with E-state index in [1.807, 2.05) is 59.9 Å². The minimum Gasteiger partial charge on any atom is -0.456 e. The van der Waals surface area contributed by atoms with Crippen LogP contribution < -0.4 is 0 Å². The first-order valence-corrected chi connectivity index (χ1v) is 19.5. The average molecular weight is 734 g/mol. The van der Waals surface area contributed by atoms with E-state index in [0.717, 1.165) is 55.3 Å². The Morgan fingerprint density at radius 2 is 0.875 bits per heavy atom. The summed E-state index contributed by atoms with van der Waals surface area (Å²) in [5.41, 5.74) is 11.4. The van der Waals surface area contributed by atoms with Gasteiger partial charge in [-0.15, -0.1) is 11.3 Å². The Hall–Kier alpha value is -7.21. The van der Waals surface area contributed by atoms with Crippen LogP contribution in [0, 0.1) is 0 Å². The maximum atomic E-state index is 6.49. The van der Waals surface area contributed by atoms with Crippen LogP contribution in [-0.4, -0.2) is 15.0 Å². The molecular weight excluding hydrogens is 703 g/mol. The quantitative estimate of drug-likeness (QED) is 0.171. The highest BCUT2D eigenvalue weighted by molar-refractivity contribution is 7.26. The number of aromatic nitrogens is 3. The van der Waals surface area contributed by atoms with Crippen molar-refractivity contribution in [3.8, 4) is 67.5 Å². The average Bonchev–Trinajstić information content (AvgIpc) is 3.85. The summed E-state index contributed by atoms with van der Waals surface area (Å²) in [4.78, 5) is 15.3. The van der Waals surface area contributed by atoms with Crippen LogP contribution in [-0.2, 0) is 0 Å². The standard InChI is InChI=1S/C51H31N3OS/c1-4-12-32(13-5-1)33-22-24-36(25-23-33)50-52-49(35-16-8-3-9-17-35)53-51(54-50)41-20-11-21-45-47(41)43-31-37(26-28-44(43)55-45)38-27-29-46-42(30-38)40-19-10-18-39(48(40)56-46)34-14-6-2-7-15-34/h1-31H. The molecule has 3 heterocycles. The second-order valence-corrected chi connectivity index (χ2v) is 15.0. The van der Waals surface area contributed by atoms with Crippen LogP contribution >= 0.6 is 11.3 Å². The molecular formula is C51H31N3OS. The van der Waals surface area contributed by atoms with Crippen molar-refractivity contribution in [2.75, 3.05) is 0 Å². The van der Waals surface area contributed by atoms with Crippen molar-refractivity contribution >= 4 is 53.4 Å². The largest absolute Gasteiger partial charge is 0.456 e. The number of hydrogen-bond donors (Lipinski definition) is 0. The summed E-state index contributed by atoms with van der Waals surface area (Å²) in [6.45, 7) is 0. The summed E-state index contributed by atoms with van der Waals surface area (Å²) in [6, 6.07) is 65.7. The lowest BCUT2D eigenvalue weighted by molar-refractivity contribution is 0.669. The number of nitrogens with zero attached hydrogens (tertiary/aromatic N) is 3. The van der Waals surface area contributed by atoms with Crippen molar-refractivity contribution in [1.29, 1.82) is 0 Å². The van der Waals surface area contributed by atoms with Gasteiger partial charge in [0.15, 0.2) is 17.5 Å². The molecule has 0 amide bonds. The minimum atomic E-state index is 0.597. The van der Waals surface area contributed by atoms with Crippen LogP contribution in [0.2, 0.25) is 0 Å². The SMILES string of the molecule is c1ccc(-c2ccc(-c3nc(-c4ccccc4)nc(-c4cccc5oc6ccc(-c7ccc8sc9c(-c%10ccccc%10)cccc9c8c7)cc6c45)n3)cc2)cc1. The van der Waals surface area contributed by atoms with Gasteiger partial charge in [-0.05, 0) is 63.7 Å². The molecule has 0 saturated carbocycles. The predicted molar refractivity (Wildman–Crippen MR) is 233 cm³/mol. The molecule has 0 spiro atoms. The third-order valence-electron chi connectivity index (χ3n) is 10.6. The topological polar surface area (TPSA) is 51.8 Å². The lowest BCUT2D eigenvalue weighted by Gasteiger charge is -2.10. The van der Waals surface area contributed by atoms with Crippen LogP contribution in [0.1, 0.15) is 0 Å². The van der Waals surface area contributed by atoms with Gasteiger partial charge in [0.2, 0.25) is 0 Å². The predicted octanol–water partition coefficient (Wildman–Crippen LogP) is 14.1. The van der Waals surface area contributed by atoms with Crippen molar-refractivity contribution in [1.82, 2.24) is 15.0 Å². The Kier molecular flexibility index (Phi) is 7.64. The van der Waals surface area contributed by atoms with Gasteiger partial charge < -0.3 is 4.42 Å². The van der Waals surface area contributed by atoms with E-state index in [-0.39, 0.29) is 0 Å². The maximum absolute atomic E-state index is 6.49. The zero-order valence-electron chi connectivity index (χ0n) is 30.1. The molecule has 0 bridgehead atoms.